The molecule has 0 aliphatic carbocycles. The van der Waals surface area contributed by atoms with Crippen LogP contribution in [0.2, 0.25) is 5.02 Å². The summed E-state index contributed by atoms with van der Waals surface area (Å²) in [6, 6.07) is 5.67. The molecule has 1 aliphatic rings. The first-order chi connectivity index (χ1) is 13.5. The fourth-order valence-corrected chi connectivity index (χ4v) is 3.57. The van der Waals surface area contributed by atoms with Crippen LogP contribution in [0.25, 0.3) is 0 Å². The minimum atomic E-state index is 0.134. The molecular formula is C21H33ClN4O2. The summed E-state index contributed by atoms with van der Waals surface area (Å²) >= 11 is 5.98. The largest absolute Gasteiger partial charge is 0.493 e. The van der Waals surface area contributed by atoms with Crippen LogP contribution in [0.15, 0.2) is 23.2 Å². The molecule has 1 aliphatic heterocycles. The number of carbonyl (C=O) groups is 1. The summed E-state index contributed by atoms with van der Waals surface area (Å²) in [5.74, 6) is 2.44. The zero-order chi connectivity index (χ0) is 20.4. The van der Waals surface area contributed by atoms with Crippen molar-refractivity contribution in [3.63, 3.8) is 0 Å². The summed E-state index contributed by atoms with van der Waals surface area (Å²) in [5.41, 5.74) is 1.05. The standard InChI is InChI=1S/C21H33ClN4O2/c1-4-24-21(26-11-8-17(9-12-26)15-20(27)23-3)25-10-5-13-28-19-7-6-18(22)14-16(19)2/h6-7,14,17H,4-5,8-13,15H2,1-3H3,(H,23,27)(H,24,25). The van der Waals surface area contributed by atoms with Gasteiger partial charge in [0.05, 0.1) is 6.61 Å². The Kier molecular flexibility index (Phi) is 9.41. The highest BCUT2D eigenvalue weighted by Crippen LogP contribution is 2.22. The van der Waals surface area contributed by atoms with Gasteiger partial charge in [-0.15, -0.1) is 0 Å². The summed E-state index contributed by atoms with van der Waals surface area (Å²) < 4.78 is 5.84. The van der Waals surface area contributed by atoms with Gasteiger partial charge in [0, 0.05) is 51.1 Å². The highest BCUT2D eigenvalue weighted by Gasteiger charge is 2.22. The van der Waals surface area contributed by atoms with E-state index in [1.807, 2.05) is 25.1 Å². The first-order valence-corrected chi connectivity index (χ1v) is 10.5. The lowest BCUT2D eigenvalue weighted by molar-refractivity contribution is -0.121. The van der Waals surface area contributed by atoms with Gasteiger partial charge in [0.1, 0.15) is 5.75 Å². The van der Waals surface area contributed by atoms with Crippen LogP contribution >= 0.6 is 11.6 Å². The number of carbonyl (C=O) groups excluding carboxylic acids is 1. The van der Waals surface area contributed by atoms with Crippen LogP contribution in [0.3, 0.4) is 0 Å². The molecule has 1 heterocycles. The summed E-state index contributed by atoms with van der Waals surface area (Å²) in [6.07, 6.45) is 3.52. The lowest BCUT2D eigenvalue weighted by Gasteiger charge is -2.34. The number of hydrogen-bond donors (Lipinski definition) is 2. The second kappa shape index (κ2) is 11.8. The molecular weight excluding hydrogens is 376 g/mol. The Morgan fingerprint density at radius 2 is 2.11 bits per heavy atom. The van der Waals surface area contributed by atoms with Crippen LogP contribution < -0.4 is 15.4 Å². The van der Waals surface area contributed by atoms with Gasteiger partial charge in [0.15, 0.2) is 5.96 Å². The molecule has 1 saturated heterocycles. The molecule has 1 amide bonds. The predicted molar refractivity (Wildman–Crippen MR) is 115 cm³/mol. The first kappa shape index (κ1) is 22.3. The Balaban J connectivity index is 1.76. The maximum atomic E-state index is 11.6. The molecule has 0 aromatic heterocycles. The fourth-order valence-electron chi connectivity index (χ4n) is 3.35. The number of aliphatic imine (C=N–C) groups is 1. The number of halogens is 1. The topological polar surface area (TPSA) is 66.0 Å². The molecule has 2 N–H and O–H groups in total. The van der Waals surface area contributed by atoms with Crippen molar-refractivity contribution < 1.29 is 9.53 Å². The fraction of sp³-hybridized carbons (Fsp3) is 0.619. The van der Waals surface area contributed by atoms with Crippen molar-refractivity contribution in [2.45, 2.75) is 39.5 Å². The van der Waals surface area contributed by atoms with Gasteiger partial charge in [0.25, 0.3) is 0 Å². The van der Waals surface area contributed by atoms with Crippen molar-refractivity contribution in [1.82, 2.24) is 15.5 Å². The zero-order valence-electron chi connectivity index (χ0n) is 17.3. The van der Waals surface area contributed by atoms with E-state index in [2.05, 4.69) is 22.5 Å². The molecule has 2 rings (SSSR count). The summed E-state index contributed by atoms with van der Waals surface area (Å²) in [6.45, 7) is 8.14. The maximum absolute atomic E-state index is 11.6. The number of aryl methyl sites for hydroxylation is 1. The number of rotatable bonds is 8. The van der Waals surface area contributed by atoms with E-state index in [9.17, 15) is 4.79 Å². The average Bonchev–Trinajstić information content (AvgIpc) is 2.69. The third-order valence-electron chi connectivity index (χ3n) is 4.96. The molecule has 7 heteroatoms. The van der Waals surface area contributed by atoms with Crippen molar-refractivity contribution in [3.05, 3.63) is 28.8 Å². The molecule has 0 unspecified atom stereocenters. The molecule has 0 atom stereocenters. The molecule has 0 spiro atoms. The van der Waals surface area contributed by atoms with E-state index in [1.54, 1.807) is 7.05 Å². The van der Waals surface area contributed by atoms with E-state index >= 15 is 0 Å². The third-order valence-corrected chi connectivity index (χ3v) is 5.20. The van der Waals surface area contributed by atoms with E-state index in [-0.39, 0.29) is 5.91 Å². The smallest absolute Gasteiger partial charge is 0.220 e. The molecule has 0 bridgehead atoms. The van der Waals surface area contributed by atoms with Crippen molar-refractivity contribution in [2.24, 2.45) is 10.9 Å². The SMILES string of the molecule is CCNC(=NCCCOc1ccc(Cl)cc1C)N1CCC(CC(=O)NC)CC1. The quantitative estimate of drug-likeness (QED) is 0.393. The number of likely N-dealkylation sites (tertiary alicyclic amines) is 1. The van der Waals surface area contributed by atoms with Gasteiger partial charge in [0.2, 0.25) is 5.91 Å². The van der Waals surface area contributed by atoms with Gasteiger partial charge in [-0.2, -0.15) is 0 Å². The Morgan fingerprint density at radius 3 is 2.75 bits per heavy atom. The molecule has 0 radical (unpaired) electrons. The van der Waals surface area contributed by atoms with Crippen molar-refractivity contribution in [3.8, 4) is 5.75 Å². The third kappa shape index (κ3) is 7.23. The summed E-state index contributed by atoms with van der Waals surface area (Å²) in [4.78, 5) is 18.6. The normalized spacial score (nSPS) is 15.4. The first-order valence-electron chi connectivity index (χ1n) is 10.2. The highest BCUT2D eigenvalue weighted by molar-refractivity contribution is 6.30. The van der Waals surface area contributed by atoms with E-state index in [4.69, 9.17) is 21.3 Å². The van der Waals surface area contributed by atoms with Crippen LogP contribution in [0.4, 0.5) is 0 Å². The van der Waals surface area contributed by atoms with E-state index < -0.39 is 0 Å². The van der Waals surface area contributed by atoms with Crippen LogP contribution in [0, 0.1) is 12.8 Å². The van der Waals surface area contributed by atoms with E-state index in [1.165, 1.54) is 0 Å². The van der Waals surface area contributed by atoms with Gasteiger partial charge in [-0.25, -0.2) is 0 Å². The molecule has 156 valence electrons. The number of ether oxygens (including phenoxy) is 1. The van der Waals surface area contributed by atoms with Crippen LogP contribution in [0.5, 0.6) is 5.75 Å². The highest BCUT2D eigenvalue weighted by atomic mass is 35.5. The van der Waals surface area contributed by atoms with Crippen molar-refractivity contribution in [1.29, 1.82) is 0 Å². The lowest BCUT2D eigenvalue weighted by Crippen LogP contribution is -2.46. The molecule has 6 nitrogen and oxygen atoms in total. The minimum Gasteiger partial charge on any atom is -0.493 e. The van der Waals surface area contributed by atoms with Gasteiger partial charge in [-0.05, 0) is 56.4 Å². The molecule has 1 fully saturated rings. The number of guanidine groups is 1. The lowest BCUT2D eigenvalue weighted by atomic mass is 9.93. The number of amides is 1. The van der Waals surface area contributed by atoms with E-state index in [0.29, 0.717) is 25.5 Å². The van der Waals surface area contributed by atoms with Gasteiger partial charge in [-0.3, -0.25) is 9.79 Å². The number of nitrogens with one attached hydrogen (secondary N) is 2. The molecule has 1 aromatic rings. The number of piperidine rings is 1. The van der Waals surface area contributed by atoms with Gasteiger partial charge < -0.3 is 20.3 Å². The zero-order valence-corrected chi connectivity index (χ0v) is 18.0. The summed E-state index contributed by atoms with van der Waals surface area (Å²) in [5, 5.41) is 6.83. The predicted octanol–water partition coefficient (Wildman–Crippen LogP) is 3.23. The Labute approximate surface area is 173 Å². The van der Waals surface area contributed by atoms with Crippen molar-refractivity contribution in [2.75, 3.05) is 39.8 Å². The molecule has 28 heavy (non-hydrogen) atoms. The van der Waals surface area contributed by atoms with Gasteiger partial charge >= 0.3 is 0 Å². The Hall–Kier alpha value is -1.95. The number of hydrogen-bond acceptors (Lipinski definition) is 3. The maximum Gasteiger partial charge on any atom is 0.220 e. The Morgan fingerprint density at radius 1 is 1.36 bits per heavy atom. The number of benzene rings is 1. The van der Waals surface area contributed by atoms with Crippen LogP contribution in [-0.2, 0) is 4.79 Å². The summed E-state index contributed by atoms with van der Waals surface area (Å²) in [7, 11) is 1.70. The average molecular weight is 409 g/mol. The monoisotopic (exact) mass is 408 g/mol. The second-order valence-electron chi connectivity index (χ2n) is 7.16. The second-order valence-corrected chi connectivity index (χ2v) is 7.59. The van der Waals surface area contributed by atoms with Crippen LogP contribution in [0.1, 0.15) is 38.2 Å². The van der Waals surface area contributed by atoms with E-state index in [0.717, 1.165) is 61.2 Å². The minimum absolute atomic E-state index is 0.134. The van der Waals surface area contributed by atoms with Crippen molar-refractivity contribution >= 4 is 23.5 Å². The van der Waals surface area contributed by atoms with Crippen LogP contribution in [-0.4, -0.2) is 56.6 Å². The molecule has 1 aromatic carbocycles. The number of nitrogens with zero attached hydrogens (tertiary/aromatic N) is 2. The Bertz CT molecular complexity index is 658. The molecule has 0 saturated carbocycles. The van der Waals surface area contributed by atoms with Gasteiger partial charge in [-0.1, -0.05) is 11.6 Å².